The Morgan fingerprint density at radius 1 is 0.971 bits per heavy atom. The summed E-state index contributed by atoms with van der Waals surface area (Å²) >= 11 is 0. The Kier molecular flexibility index (Phi) is 5.76. The molecule has 3 heterocycles. The van der Waals surface area contributed by atoms with Gasteiger partial charge in [0.1, 0.15) is 23.7 Å². The molecule has 5 aromatic rings. The largest absolute Gasteiger partial charge is 0.439 e. The molecule has 0 aliphatic rings. The van der Waals surface area contributed by atoms with Gasteiger partial charge in [0.05, 0.1) is 17.6 Å². The molecule has 35 heavy (non-hydrogen) atoms. The summed E-state index contributed by atoms with van der Waals surface area (Å²) in [5.74, 6) is 1.88. The molecule has 1 N–H and O–H groups in total. The van der Waals surface area contributed by atoms with Gasteiger partial charge in [-0.3, -0.25) is 9.36 Å². The molecule has 1 amide bonds. The van der Waals surface area contributed by atoms with E-state index >= 15 is 0 Å². The van der Waals surface area contributed by atoms with Gasteiger partial charge in [-0.2, -0.15) is 14.9 Å². The molecule has 0 saturated heterocycles. The van der Waals surface area contributed by atoms with Gasteiger partial charge in [0.15, 0.2) is 5.69 Å². The predicted octanol–water partition coefficient (Wildman–Crippen LogP) is 4.21. The van der Waals surface area contributed by atoms with E-state index in [0.717, 1.165) is 17.1 Å². The van der Waals surface area contributed by atoms with Crippen molar-refractivity contribution in [3.05, 3.63) is 96.1 Å². The number of amides is 1. The van der Waals surface area contributed by atoms with Gasteiger partial charge in [-0.1, -0.05) is 18.2 Å². The Labute approximate surface area is 201 Å². The fourth-order valence-corrected chi connectivity index (χ4v) is 3.41. The topological polar surface area (TPSA) is 113 Å². The number of carbonyl (C=O) groups is 1. The van der Waals surface area contributed by atoms with E-state index in [2.05, 4.69) is 30.5 Å². The number of hydrogen-bond acceptors (Lipinski definition) is 7. The fraction of sp³-hybridized carbons (Fsp3) is 0.120. The molecule has 0 atom stereocenters. The lowest BCUT2D eigenvalue weighted by Crippen LogP contribution is -2.13. The van der Waals surface area contributed by atoms with Crippen LogP contribution in [0.5, 0.6) is 11.6 Å². The zero-order valence-corrected chi connectivity index (χ0v) is 19.4. The zero-order chi connectivity index (χ0) is 24.4. The van der Waals surface area contributed by atoms with E-state index in [4.69, 9.17) is 4.74 Å². The summed E-state index contributed by atoms with van der Waals surface area (Å²) in [5.41, 5.74) is 3.51. The number of hydrogen-bond donors (Lipinski definition) is 1. The maximum absolute atomic E-state index is 12.6. The Bertz CT molecular complexity index is 1490. The summed E-state index contributed by atoms with van der Waals surface area (Å²) in [6.45, 7) is 5.74. The molecule has 0 fully saturated rings. The average molecular weight is 467 g/mol. The highest BCUT2D eigenvalue weighted by molar-refractivity contribution is 6.02. The highest BCUT2D eigenvalue weighted by Crippen LogP contribution is 2.24. The lowest BCUT2D eigenvalue weighted by atomic mass is 10.3. The SMILES string of the molecule is Cc1nc(Oc2ccc(NC(=O)c3cnn(-c4ccccc4)n3)cc2)cc(-n2cnc(C)c2C)n1. The second kappa shape index (κ2) is 9.18. The first-order valence-corrected chi connectivity index (χ1v) is 10.9. The molecule has 0 radical (unpaired) electrons. The number of nitrogens with zero attached hydrogens (tertiary/aromatic N) is 7. The summed E-state index contributed by atoms with van der Waals surface area (Å²) < 4.78 is 7.83. The van der Waals surface area contributed by atoms with Crippen molar-refractivity contribution in [1.29, 1.82) is 0 Å². The summed E-state index contributed by atoms with van der Waals surface area (Å²) in [6.07, 6.45) is 3.16. The molecular formula is C25H22N8O2. The third-order valence-corrected chi connectivity index (χ3v) is 5.35. The summed E-state index contributed by atoms with van der Waals surface area (Å²) in [5, 5.41) is 11.2. The van der Waals surface area contributed by atoms with Crippen LogP contribution in [-0.4, -0.2) is 40.4 Å². The molecule has 10 heteroatoms. The Hall–Kier alpha value is -4.86. The summed E-state index contributed by atoms with van der Waals surface area (Å²) in [4.78, 5) is 27.2. The third kappa shape index (κ3) is 4.76. The van der Waals surface area contributed by atoms with Gasteiger partial charge in [-0.15, -0.1) is 5.10 Å². The minimum Gasteiger partial charge on any atom is -0.439 e. The fourth-order valence-electron chi connectivity index (χ4n) is 3.41. The van der Waals surface area contributed by atoms with E-state index in [-0.39, 0.29) is 11.6 Å². The molecule has 0 spiro atoms. The first-order valence-electron chi connectivity index (χ1n) is 10.9. The van der Waals surface area contributed by atoms with Crippen molar-refractivity contribution in [1.82, 2.24) is 34.5 Å². The Balaban J connectivity index is 1.27. The number of benzene rings is 2. The van der Waals surface area contributed by atoms with Crippen LogP contribution in [0.1, 0.15) is 27.7 Å². The Morgan fingerprint density at radius 2 is 1.74 bits per heavy atom. The van der Waals surface area contributed by atoms with E-state index in [1.165, 1.54) is 11.0 Å². The van der Waals surface area contributed by atoms with E-state index in [1.807, 2.05) is 55.7 Å². The molecule has 0 bridgehead atoms. The van der Waals surface area contributed by atoms with Crippen LogP contribution >= 0.6 is 0 Å². The van der Waals surface area contributed by atoms with E-state index in [1.54, 1.807) is 36.7 Å². The smallest absolute Gasteiger partial charge is 0.277 e. The highest BCUT2D eigenvalue weighted by Gasteiger charge is 2.13. The Morgan fingerprint density at radius 3 is 2.46 bits per heavy atom. The van der Waals surface area contributed by atoms with Crippen molar-refractivity contribution < 1.29 is 9.53 Å². The summed E-state index contributed by atoms with van der Waals surface area (Å²) in [7, 11) is 0. The second-order valence-electron chi connectivity index (χ2n) is 7.83. The molecule has 5 rings (SSSR count). The molecule has 0 unspecified atom stereocenters. The average Bonchev–Trinajstić information content (AvgIpc) is 3.48. The van der Waals surface area contributed by atoms with Crippen LogP contribution in [0.2, 0.25) is 0 Å². The molecule has 10 nitrogen and oxygen atoms in total. The van der Waals surface area contributed by atoms with Crippen LogP contribution in [0.25, 0.3) is 11.5 Å². The van der Waals surface area contributed by atoms with Crippen molar-refractivity contribution in [2.24, 2.45) is 0 Å². The van der Waals surface area contributed by atoms with Gasteiger partial charge >= 0.3 is 0 Å². The monoisotopic (exact) mass is 466 g/mol. The molecule has 174 valence electrons. The lowest BCUT2D eigenvalue weighted by molar-refractivity contribution is 0.102. The van der Waals surface area contributed by atoms with Crippen LogP contribution in [0, 0.1) is 20.8 Å². The normalized spacial score (nSPS) is 10.8. The maximum atomic E-state index is 12.6. The van der Waals surface area contributed by atoms with Crippen LogP contribution in [0.3, 0.4) is 0 Å². The standard InChI is InChI=1S/C25H22N8O2/c1-16-17(2)32(15-26-16)23-13-24(29-18(3)28-23)35-21-11-9-19(10-12-21)30-25(34)22-14-27-33(31-22)20-7-5-4-6-8-20/h4-15H,1-3H3,(H,30,34). The van der Waals surface area contributed by atoms with Crippen molar-refractivity contribution in [2.45, 2.75) is 20.8 Å². The molecular weight excluding hydrogens is 444 g/mol. The molecule has 2 aromatic carbocycles. The van der Waals surface area contributed by atoms with E-state index < -0.39 is 0 Å². The lowest BCUT2D eigenvalue weighted by Gasteiger charge is -2.10. The van der Waals surface area contributed by atoms with Gasteiger partial charge in [-0.25, -0.2) is 9.97 Å². The number of carbonyl (C=O) groups excluding carboxylic acids is 1. The number of imidazole rings is 1. The van der Waals surface area contributed by atoms with Gasteiger partial charge in [0.2, 0.25) is 5.88 Å². The van der Waals surface area contributed by atoms with E-state index in [0.29, 0.717) is 29.0 Å². The number of rotatable bonds is 6. The van der Waals surface area contributed by atoms with Crippen LogP contribution in [0.15, 0.2) is 73.2 Å². The van der Waals surface area contributed by atoms with Gasteiger partial charge < -0.3 is 10.1 Å². The van der Waals surface area contributed by atoms with Gasteiger partial charge in [-0.05, 0) is 57.2 Å². The number of anilines is 1. The zero-order valence-electron chi connectivity index (χ0n) is 19.4. The molecule has 0 aliphatic heterocycles. The predicted molar refractivity (Wildman–Crippen MR) is 129 cm³/mol. The van der Waals surface area contributed by atoms with Crippen LogP contribution in [-0.2, 0) is 0 Å². The highest BCUT2D eigenvalue weighted by atomic mass is 16.5. The quantitative estimate of drug-likeness (QED) is 0.399. The van der Waals surface area contributed by atoms with Gasteiger partial charge in [0.25, 0.3) is 5.91 Å². The second-order valence-corrected chi connectivity index (χ2v) is 7.83. The maximum Gasteiger partial charge on any atom is 0.277 e. The molecule has 0 aliphatic carbocycles. The number of aromatic nitrogens is 7. The number of nitrogens with one attached hydrogen (secondary N) is 1. The van der Waals surface area contributed by atoms with Crippen LogP contribution in [0.4, 0.5) is 5.69 Å². The first kappa shape index (κ1) is 22.0. The van der Waals surface area contributed by atoms with Gasteiger partial charge in [0, 0.05) is 17.4 Å². The van der Waals surface area contributed by atoms with Crippen molar-refractivity contribution in [3.63, 3.8) is 0 Å². The van der Waals surface area contributed by atoms with Crippen molar-refractivity contribution in [3.8, 4) is 23.1 Å². The van der Waals surface area contributed by atoms with Crippen molar-refractivity contribution >= 4 is 11.6 Å². The first-order chi connectivity index (χ1) is 17.0. The molecule has 3 aromatic heterocycles. The number of aryl methyl sites for hydroxylation is 2. The minimum atomic E-state index is -0.358. The number of ether oxygens (including phenoxy) is 1. The van der Waals surface area contributed by atoms with E-state index in [9.17, 15) is 4.79 Å². The summed E-state index contributed by atoms with van der Waals surface area (Å²) in [6, 6.07) is 18.1. The number of para-hydroxylation sites is 1. The molecule has 0 saturated carbocycles. The minimum absolute atomic E-state index is 0.211. The van der Waals surface area contributed by atoms with Crippen molar-refractivity contribution in [2.75, 3.05) is 5.32 Å². The third-order valence-electron chi connectivity index (χ3n) is 5.35. The van der Waals surface area contributed by atoms with Crippen LogP contribution < -0.4 is 10.1 Å².